The first-order valence-electron chi connectivity index (χ1n) is 8.41. The highest BCUT2D eigenvalue weighted by Gasteiger charge is 2.44. The molecule has 0 bridgehead atoms. The van der Waals surface area contributed by atoms with E-state index in [1.165, 1.54) is 31.2 Å². The molecule has 0 N–H and O–H groups in total. The number of aromatic nitrogens is 1. The molecule has 0 spiro atoms. The summed E-state index contributed by atoms with van der Waals surface area (Å²) in [5.74, 6) is -4.38. The van der Waals surface area contributed by atoms with Gasteiger partial charge in [-0.15, -0.1) is 0 Å². The highest BCUT2D eigenvalue weighted by molar-refractivity contribution is 6.08. The Balaban J connectivity index is 2.27. The maximum absolute atomic E-state index is 13.1. The van der Waals surface area contributed by atoms with Gasteiger partial charge in [-0.05, 0) is 37.3 Å². The summed E-state index contributed by atoms with van der Waals surface area (Å²) in [4.78, 5) is 28.6. The average Bonchev–Trinajstić information content (AvgIpc) is 2.66. The fourth-order valence-electron chi connectivity index (χ4n) is 2.36. The van der Waals surface area contributed by atoms with Gasteiger partial charge >= 0.3 is 18.5 Å². The normalized spacial score (nSPS) is 12.5. The fraction of sp³-hybridized carbons (Fsp3) is 0.316. The van der Waals surface area contributed by atoms with Gasteiger partial charge in [-0.2, -0.15) is 17.6 Å². The molecule has 0 aliphatic heterocycles. The highest BCUT2D eigenvalue weighted by atomic mass is 19.3. The number of carbonyl (C=O) groups is 2. The van der Waals surface area contributed by atoms with Crippen molar-refractivity contribution in [3.63, 3.8) is 0 Å². The second kappa shape index (κ2) is 9.44. The second-order valence-electron chi connectivity index (χ2n) is 5.81. The number of benzene rings is 1. The van der Waals surface area contributed by atoms with E-state index < -0.39 is 41.9 Å². The van der Waals surface area contributed by atoms with Gasteiger partial charge in [0.2, 0.25) is 5.88 Å². The number of hydrogen-bond donors (Lipinski definition) is 0. The van der Waals surface area contributed by atoms with Crippen molar-refractivity contribution in [2.24, 2.45) is 5.92 Å². The van der Waals surface area contributed by atoms with Crippen LogP contribution < -0.4 is 4.74 Å². The first-order valence-corrected chi connectivity index (χ1v) is 8.41. The molecule has 2 rings (SSSR count). The number of halogens is 5. The van der Waals surface area contributed by atoms with Crippen molar-refractivity contribution < 1.29 is 41.0 Å². The zero-order chi connectivity index (χ0) is 21.6. The van der Waals surface area contributed by atoms with Crippen molar-refractivity contribution in [2.45, 2.75) is 25.9 Å². The summed E-state index contributed by atoms with van der Waals surface area (Å²) < 4.78 is 72.6. The lowest BCUT2D eigenvalue weighted by Crippen LogP contribution is -2.34. The molecule has 5 nitrogen and oxygen atoms in total. The van der Waals surface area contributed by atoms with Crippen molar-refractivity contribution in [2.75, 3.05) is 6.61 Å². The maximum Gasteiger partial charge on any atom is 0.462 e. The van der Waals surface area contributed by atoms with Crippen LogP contribution in [0, 0.1) is 11.7 Å². The van der Waals surface area contributed by atoms with Gasteiger partial charge in [0.25, 0.3) is 0 Å². The van der Waals surface area contributed by atoms with Crippen molar-refractivity contribution in [3.05, 3.63) is 59.5 Å². The van der Waals surface area contributed by atoms with Gasteiger partial charge in [0.1, 0.15) is 11.7 Å². The topological polar surface area (TPSA) is 65.5 Å². The van der Waals surface area contributed by atoms with E-state index in [9.17, 15) is 31.5 Å². The van der Waals surface area contributed by atoms with E-state index in [1.807, 2.05) is 0 Å². The van der Waals surface area contributed by atoms with E-state index in [2.05, 4.69) is 9.72 Å². The van der Waals surface area contributed by atoms with Crippen LogP contribution in [-0.4, -0.2) is 35.9 Å². The molecule has 2 aromatic rings. The molecule has 1 heterocycles. The summed E-state index contributed by atoms with van der Waals surface area (Å²) in [5, 5.41) is 0. The number of rotatable bonds is 9. The Morgan fingerprint density at radius 3 is 2.34 bits per heavy atom. The predicted octanol–water partition coefficient (Wildman–Crippen LogP) is 4.06. The van der Waals surface area contributed by atoms with Crippen molar-refractivity contribution in [1.82, 2.24) is 4.98 Å². The van der Waals surface area contributed by atoms with Crippen LogP contribution in [0.25, 0.3) is 0 Å². The summed E-state index contributed by atoms with van der Waals surface area (Å²) in [6.45, 7) is 1.50. The molecule has 1 aromatic heterocycles. The van der Waals surface area contributed by atoms with Crippen LogP contribution in [-0.2, 0) is 16.0 Å². The Morgan fingerprint density at radius 2 is 1.76 bits per heavy atom. The SMILES string of the molecule is CCOC(=O)C(Cc1cccc(OC(F)(F)C(F)F)n1)C(=O)c1ccc(F)cc1. The van der Waals surface area contributed by atoms with Gasteiger partial charge in [0.05, 0.1) is 6.61 Å². The molecule has 0 saturated carbocycles. The third-order valence-electron chi connectivity index (χ3n) is 3.71. The Labute approximate surface area is 162 Å². The monoisotopic (exact) mass is 417 g/mol. The molecule has 0 amide bonds. The maximum atomic E-state index is 13.1. The van der Waals surface area contributed by atoms with Crippen molar-refractivity contribution >= 4 is 11.8 Å². The largest absolute Gasteiger partial charge is 0.465 e. The molecule has 0 aliphatic rings. The van der Waals surface area contributed by atoms with E-state index in [0.29, 0.717) is 0 Å². The van der Waals surface area contributed by atoms with E-state index in [4.69, 9.17) is 4.74 Å². The van der Waals surface area contributed by atoms with Gasteiger partial charge in [-0.25, -0.2) is 9.37 Å². The lowest BCUT2D eigenvalue weighted by atomic mass is 9.93. The molecule has 29 heavy (non-hydrogen) atoms. The number of alkyl halides is 4. The first kappa shape index (κ1) is 22.3. The molecule has 0 radical (unpaired) electrons. The number of ketones is 1. The standard InChI is InChI=1S/C19H16F5NO4/c1-2-28-17(27)14(16(26)11-6-8-12(20)9-7-11)10-13-4-3-5-15(25-13)29-19(23,24)18(21)22/h3-9,14,18H,2,10H2,1H3. The van der Waals surface area contributed by atoms with Gasteiger partial charge in [0.15, 0.2) is 5.78 Å². The lowest BCUT2D eigenvalue weighted by molar-refractivity contribution is -0.254. The second-order valence-corrected chi connectivity index (χ2v) is 5.81. The first-order chi connectivity index (χ1) is 13.6. The van der Waals surface area contributed by atoms with Gasteiger partial charge in [-0.1, -0.05) is 6.07 Å². The van der Waals surface area contributed by atoms with E-state index >= 15 is 0 Å². The number of esters is 1. The summed E-state index contributed by atoms with van der Waals surface area (Å²) in [7, 11) is 0. The average molecular weight is 417 g/mol. The molecular weight excluding hydrogens is 401 g/mol. The molecule has 10 heteroatoms. The van der Waals surface area contributed by atoms with Crippen LogP contribution in [0.4, 0.5) is 22.0 Å². The number of nitrogens with zero attached hydrogens (tertiary/aromatic N) is 1. The Kier molecular flexibility index (Phi) is 7.24. The van der Waals surface area contributed by atoms with Crippen LogP contribution in [0.1, 0.15) is 23.0 Å². The summed E-state index contributed by atoms with van der Waals surface area (Å²) in [5.41, 5.74) is -0.0119. The van der Waals surface area contributed by atoms with E-state index in [1.54, 1.807) is 0 Å². The van der Waals surface area contributed by atoms with Crippen LogP contribution in [0.3, 0.4) is 0 Å². The van der Waals surface area contributed by atoms with Gasteiger partial charge < -0.3 is 9.47 Å². The highest BCUT2D eigenvalue weighted by Crippen LogP contribution is 2.27. The van der Waals surface area contributed by atoms with Crippen molar-refractivity contribution in [3.8, 4) is 5.88 Å². The Bertz CT molecular complexity index is 858. The zero-order valence-corrected chi connectivity index (χ0v) is 15.1. The minimum absolute atomic E-state index is 0.0246. The minimum Gasteiger partial charge on any atom is -0.465 e. The van der Waals surface area contributed by atoms with Crippen LogP contribution in [0.2, 0.25) is 0 Å². The van der Waals surface area contributed by atoms with Crippen LogP contribution in [0.15, 0.2) is 42.5 Å². The minimum atomic E-state index is -4.75. The Morgan fingerprint density at radius 1 is 1.10 bits per heavy atom. The van der Waals surface area contributed by atoms with Crippen LogP contribution in [0.5, 0.6) is 5.88 Å². The Hall–Kier alpha value is -3.04. The van der Waals surface area contributed by atoms with Gasteiger partial charge in [0, 0.05) is 23.7 Å². The van der Waals surface area contributed by atoms with Gasteiger partial charge in [-0.3, -0.25) is 9.59 Å². The molecule has 1 atom stereocenters. The third-order valence-corrected chi connectivity index (χ3v) is 3.71. The molecular formula is C19H16F5NO4. The summed E-state index contributed by atoms with van der Waals surface area (Å²) in [6, 6.07) is 7.87. The predicted molar refractivity (Wildman–Crippen MR) is 90.4 cm³/mol. The lowest BCUT2D eigenvalue weighted by Gasteiger charge is -2.17. The number of carbonyl (C=O) groups excluding carboxylic acids is 2. The van der Waals surface area contributed by atoms with Crippen molar-refractivity contribution in [1.29, 1.82) is 0 Å². The van der Waals surface area contributed by atoms with E-state index in [0.717, 1.165) is 18.2 Å². The zero-order valence-electron chi connectivity index (χ0n) is 15.1. The summed E-state index contributed by atoms with van der Waals surface area (Å²) >= 11 is 0. The number of pyridine rings is 1. The molecule has 1 unspecified atom stereocenters. The number of Topliss-reactive ketones (excluding diaryl/α,β-unsaturated/α-hetero) is 1. The van der Waals surface area contributed by atoms with E-state index in [-0.39, 0.29) is 24.3 Å². The molecule has 0 fully saturated rings. The number of ether oxygens (including phenoxy) is 2. The molecule has 156 valence electrons. The quantitative estimate of drug-likeness (QED) is 0.267. The van der Waals surface area contributed by atoms with Crippen LogP contribution >= 0.6 is 0 Å². The summed E-state index contributed by atoms with van der Waals surface area (Å²) in [6.07, 6.45) is -9.19. The molecule has 1 aromatic carbocycles. The molecule has 0 aliphatic carbocycles. The smallest absolute Gasteiger partial charge is 0.462 e. The third kappa shape index (κ3) is 5.97. The molecule has 0 saturated heterocycles. The number of hydrogen-bond acceptors (Lipinski definition) is 5. The fourth-order valence-corrected chi connectivity index (χ4v) is 2.36.